The molecule has 0 bridgehead atoms. The molecule has 1 N–H and O–H groups in total. The van der Waals surface area contributed by atoms with Gasteiger partial charge in [0.2, 0.25) is 0 Å². The van der Waals surface area contributed by atoms with Gasteiger partial charge in [0.1, 0.15) is 18.3 Å². The lowest BCUT2D eigenvalue weighted by atomic mass is 9.86. The third-order valence-electron chi connectivity index (χ3n) is 9.74. The highest BCUT2D eigenvalue weighted by Gasteiger charge is 2.64. The van der Waals surface area contributed by atoms with Gasteiger partial charge in [-0.3, -0.25) is 4.79 Å². The number of fused-ring (bicyclic) bond motifs is 1. The summed E-state index contributed by atoms with van der Waals surface area (Å²) < 4.78 is 26.1. The van der Waals surface area contributed by atoms with Crippen molar-refractivity contribution in [2.45, 2.75) is 82.1 Å². The Morgan fingerprint density at radius 1 is 0.542 bits per heavy atom. The van der Waals surface area contributed by atoms with Crippen LogP contribution in [0.3, 0.4) is 0 Å². The Hall–Kier alpha value is -3.87. The number of carbonyl (C=O) groups is 2. The fourth-order valence-corrected chi connectivity index (χ4v) is 16.9. The summed E-state index contributed by atoms with van der Waals surface area (Å²) in [5.41, 5.74) is 0. The van der Waals surface area contributed by atoms with Crippen LogP contribution in [0, 0.1) is 0 Å². The summed E-state index contributed by atoms with van der Waals surface area (Å²) in [5.74, 6) is -0.592. The van der Waals surface area contributed by atoms with E-state index in [0.29, 0.717) is 0 Å². The van der Waals surface area contributed by atoms with Crippen LogP contribution < -0.4 is 20.7 Å². The molecule has 4 aromatic carbocycles. The average Bonchev–Trinajstić information content (AvgIpc) is 3.46. The molecule has 6 rings (SSSR count). The van der Waals surface area contributed by atoms with Gasteiger partial charge in [-0.2, -0.15) is 0 Å². The molecule has 0 radical (unpaired) electrons. The van der Waals surface area contributed by atoms with Gasteiger partial charge in [0.15, 0.2) is 18.0 Å². The Balaban J connectivity index is 1.48. The van der Waals surface area contributed by atoms with Crippen LogP contribution in [0.5, 0.6) is 0 Å². The number of hydrogen-bond acceptors (Lipinski definition) is 7. The van der Waals surface area contributed by atoms with Crippen LogP contribution >= 0.6 is 0 Å². The molecule has 1 heterocycles. The van der Waals surface area contributed by atoms with Crippen molar-refractivity contribution < 1.29 is 33.0 Å². The fraction of sp³-hybridized carbons (Fsp3) is 0.333. The second-order valence-electron chi connectivity index (χ2n) is 14.7. The zero-order chi connectivity index (χ0) is 34.3. The molecular weight excluding hydrogens is 637 g/mol. The van der Waals surface area contributed by atoms with E-state index in [-0.39, 0.29) is 0 Å². The van der Waals surface area contributed by atoms with E-state index in [2.05, 4.69) is 41.5 Å². The molecule has 0 amide bonds. The molecular formula is C39H44O7Si2. The molecule has 48 heavy (non-hydrogen) atoms. The van der Waals surface area contributed by atoms with E-state index in [1.807, 2.05) is 121 Å². The minimum Gasteiger partial charge on any atom is -0.424 e. The van der Waals surface area contributed by atoms with Crippen LogP contribution in [-0.2, 0) is 23.1 Å². The molecule has 7 nitrogen and oxygen atoms in total. The topological polar surface area (TPSA) is 91.3 Å². The van der Waals surface area contributed by atoms with Crippen LogP contribution in [0.4, 0.5) is 4.79 Å². The van der Waals surface area contributed by atoms with Gasteiger partial charge in [-0.15, -0.1) is 0 Å². The van der Waals surface area contributed by atoms with Crippen molar-refractivity contribution >= 4 is 49.3 Å². The van der Waals surface area contributed by atoms with E-state index in [1.165, 1.54) is 0 Å². The van der Waals surface area contributed by atoms with E-state index in [1.54, 1.807) is 0 Å². The minimum atomic E-state index is -3.30. The molecule has 1 saturated heterocycles. The highest BCUT2D eigenvalue weighted by molar-refractivity contribution is 7.00. The summed E-state index contributed by atoms with van der Waals surface area (Å²) in [6.45, 7) is 12.6. The Morgan fingerprint density at radius 3 is 1.23 bits per heavy atom. The molecule has 250 valence electrons. The van der Waals surface area contributed by atoms with E-state index in [0.717, 1.165) is 20.7 Å². The summed E-state index contributed by atoms with van der Waals surface area (Å²) in [5, 5.41) is 15.0. The molecule has 5 atom stereocenters. The zero-order valence-electron chi connectivity index (χ0n) is 28.3. The monoisotopic (exact) mass is 680 g/mol. The number of benzene rings is 4. The lowest BCUT2D eigenvalue weighted by Crippen LogP contribution is -2.74. The normalized spacial score (nSPS) is 23.3. The lowest BCUT2D eigenvalue weighted by Gasteiger charge is -2.50. The summed E-state index contributed by atoms with van der Waals surface area (Å²) in [6.07, 6.45) is -7.26. The van der Waals surface area contributed by atoms with Crippen molar-refractivity contribution in [3.8, 4) is 0 Å². The first-order chi connectivity index (χ1) is 22.8. The second-order valence-corrected chi connectivity index (χ2v) is 23.2. The Bertz CT molecular complexity index is 1640. The Morgan fingerprint density at radius 2 is 0.875 bits per heavy atom. The third kappa shape index (κ3) is 5.67. The maximum atomic E-state index is 14.6. The van der Waals surface area contributed by atoms with E-state index >= 15 is 0 Å². The SMILES string of the molecule is CC(C)(C)[Si](O[C@@H]1[C@@H]2OC(=O)O[C@H]2[C@H](O[Si](c2ccccc2)(c2ccccc2)C(C)(C)C)C(=O)[C@H]1O)(c1ccccc1)c1ccccc1. The Labute approximate surface area is 285 Å². The predicted molar refractivity (Wildman–Crippen MR) is 191 cm³/mol. The van der Waals surface area contributed by atoms with Gasteiger partial charge < -0.3 is 23.4 Å². The van der Waals surface area contributed by atoms with Gasteiger partial charge in [-0.05, 0) is 30.8 Å². The maximum Gasteiger partial charge on any atom is 0.509 e. The number of aliphatic hydroxyl groups is 1. The van der Waals surface area contributed by atoms with Gasteiger partial charge in [-0.1, -0.05) is 163 Å². The standard InChI is InChI=1S/C39H44O7Si2/c1-38(2,3)47(27-19-11-7-12-20-27,28-21-13-8-14-22-28)45-33-31(40)32(41)34(36-35(33)43-37(42)44-36)46-48(39(4,5)6,29-23-15-9-16-24-29)30-25-17-10-18-26-30/h7-26,31,33-36,40H,1-6H3/t31-,33+,34-,35+,36+/m1/s1. The van der Waals surface area contributed by atoms with Crippen molar-refractivity contribution in [1.82, 2.24) is 0 Å². The van der Waals surface area contributed by atoms with Crippen molar-refractivity contribution in [3.63, 3.8) is 0 Å². The lowest BCUT2D eigenvalue weighted by molar-refractivity contribution is -0.162. The first kappa shape index (κ1) is 34.0. The van der Waals surface area contributed by atoms with Crippen molar-refractivity contribution in [2.75, 3.05) is 0 Å². The smallest absolute Gasteiger partial charge is 0.424 e. The number of ether oxygens (including phenoxy) is 2. The van der Waals surface area contributed by atoms with Crippen LogP contribution in [0.1, 0.15) is 41.5 Å². The number of hydrogen-bond donors (Lipinski definition) is 1. The van der Waals surface area contributed by atoms with Crippen molar-refractivity contribution in [3.05, 3.63) is 121 Å². The van der Waals surface area contributed by atoms with Crippen LogP contribution in [0.2, 0.25) is 10.1 Å². The van der Waals surface area contributed by atoms with Crippen LogP contribution in [-0.4, -0.2) is 64.2 Å². The molecule has 1 saturated carbocycles. The van der Waals surface area contributed by atoms with Gasteiger partial charge in [0.25, 0.3) is 16.6 Å². The molecule has 2 fully saturated rings. The number of ketones is 1. The van der Waals surface area contributed by atoms with Crippen LogP contribution in [0.15, 0.2) is 121 Å². The summed E-state index contributed by atoms with van der Waals surface area (Å²) in [6, 6.07) is 39.7. The first-order valence-electron chi connectivity index (χ1n) is 16.5. The van der Waals surface area contributed by atoms with E-state index in [9.17, 15) is 14.7 Å². The molecule has 2 aliphatic rings. The Kier molecular flexibility index (Phi) is 9.12. The predicted octanol–water partition coefficient (Wildman–Crippen LogP) is 4.72. The van der Waals surface area contributed by atoms with Crippen molar-refractivity contribution in [1.29, 1.82) is 0 Å². The van der Waals surface area contributed by atoms with Gasteiger partial charge in [0, 0.05) is 0 Å². The summed E-state index contributed by atoms with van der Waals surface area (Å²) in [4.78, 5) is 27.6. The number of rotatable bonds is 8. The van der Waals surface area contributed by atoms with Gasteiger partial charge in [-0.25, -0.2) is 4.79 Å². The molecule has 1 aliphatic heterocycles. The molecule has 9 heteroatoms. The molecule has 0 unspecified atom stereocenters. The van der Waals surface area contributed by atoms with Gasteiger partial charge in [0.05, 0.1) is 0 Å². The minimum absolute atomic E-state index is 0.459. The van der Waals surface area contributed by atoms with E-state index in [4.69, 9.17) is 18.3 Å². The molecule has 4 aromatic rings. The number of Topliss-reactive ketones (excluding diaryl/α,β-unsaturated/α-hetero) is 1. The maximum absolute atomic E-state index is 14.6. The summed E-state index contributed by atoms with van der Waals surface area (Å²) in [7, 11) is -6.59. The average molecular weight is 681 g/mol. The number of carbonyl (C=O) groups excluding carboxylic acids is 2. The van der Waals surface area contributed by atoms with Crippen molar-refractivity contribution in [2.24, 2.45) is 0 Å². The number of aliphatic hydroxyl groups excluding tert-OH is 1. The fourth-order valence-electron chi connectivity index (χ4n) is 7.58. The van der Waals surface area contributed by atoms with Gasteiger partial charge >= 0.3 is 6.16 Å². The third-order valence-corrected chi connectivity index (χ3v) is 19.8. The molecule has 0 spiro atoms. The van der Waals surface area contributed by atoms with E-state index < -0.39 is 69.2 Å². The zero-order valence-corrected chi connectivity index (χ0v) is 30.3. The highest BCUT2D eigenvalue weighted by Crippen LogP contribution is 2.44. The molecule has 0 aromatic heterocycles. The first-order valence-corrected chi connectivity index (χ1v) is 20.3. The largest absolute Gasteiger partial charge is 0.509 e. The summed E-state index contributed by atoms with van der Waals surface area (Å²) >= 11 is 0. The quantitative estimate of drug-likeness (QED) is 0.213. The highest BCUT2D eigenvalue weighted by atomic mass is 28.4. The van der Waals surface area contributed by atoms with Crippen LogP contribution in [0.25, 0.3) is 0 Å². The molecule has 1 aliphatic carbocycles. The second kappa shape index (κ2) is 12.9.